The standard InChI is InChI=1S/C10H15N3O/c1-8(11)7-13(12)9-3-5-10(14-2)6-4-9/h3-7H,11-12H2,1-2H3/b8-7-. The molecular formula is C10H15N3O. The molecule has 0 saturated carbocycles. The Morgan fingerprint density at radius 3 is 2.36 bits per heavy atom. The van der Waals surface area contributed by atoms with Crippen molar-refractivity contribution in [2.75, 3.05) is 12.1 Å². The summed E-state index contributed by atoms with van der Waals surface area (Å²) in [6.45, 7) is 1.78. The molecule has 4 N–H and O–H groups in total. The van der Waals surface area contributed by atoms with Gasteiger partial charge in [-0.25, -0.2) is 5.84 Å². The number of hydrazine groups is 1. The highest BCUT2D eigenvalue weighted by Crippen LogP contribution is 2.17. The molecule has 1 aromatic carbocycles. The average Bonchev–Trinajstić information content (AvgIpc) is 2.17. The molecular weight excluding hydrogens is 178 g/mol. The molecule has 0 radical (unpaired) electrons. The number of anilines is 1. The molecule has 0 aromatic heterocycles. The minimum Gasteiger partial charge on any atom is -0.497 e. The number of nitrogens with two attached hydrogens (primary N) is 2. The first kappa shape index (κ1) is 10.4. The van der Waals surface area contributed by atoms with Crippen LogP contribution in [-0.2, 0) is 0 Å². The fourth-order valence-corrected chi connectivity index (χ4v) is 1.05. The maximum absolute atomic E-state index is 5.72. The van der Waals surface area contributed by atoms with Gasteiger partial charge in [0.25, 0.3) is 0 Å². The molecule has 4 nitrogen and oxygen atoms in total. The Bertz CT molecular complexity index is 315. The SMILES string of the molecule is COc1ccc(N(N)/C=C(/C)N)cc1. The molecule has 0 atom stereocenters. The molecule has 4 heteroatoms. The Hall–Kier alpha value is -1.68. The summed E-state index contributed by atoms with van der Waals surface area (Å²) in [6.07, 6.45) is 1.65. The van der Waals surface area contributed by atoms with Gasteiger partial charge in [0.1, 0.15) is 5.75 Å². The van der Waals surface area contributed by atoms with E-state index in [0.29, 0.717) is 5.70 Å². The zero-order chi connectivity index (χ0) is 10.6. The van der Waals surface area contributed by atoms with E-state index in [0.717, 1.165) is 11.4 Å². The highest BCUT2D eigenvalue weighted by Gasteiger charge is 1.98. The summed E-state index contributed by atoms with van der Waals surface area (Å²) in [4.78, 5) is 0. The summed E-state index contributed by atoms with van der Waals surface area (Å²) in [7, 11) is 1.62. The van der Waals surface area contributed by atoms with Crippen molar-refractivity contribution >= 4 is 5.69 Å². The second-order valence-corrected chi connectivity index (χ2v) is 2.98. The number of methoxy groups -OCH3 is 1. The second-order valence-electron chi connectivity index (χ2n) is 2.98. The second kappa shape index (κ2) is 4.53. The fourth-order valence-electron chi connectivity index (χ4n) is 1.05. The van der Waals surface area contributed by atoms with E-state index in [1.807, 2.05) is 24.3 Å². The zero-order valence-electron chi connectivity index (χ0n) is 8.40. The molecule has 0 bridgehead atoms. The van der Waals surface area contributed by atoms with Crippen LogP contribution in [0, 0.1) is 0 Å². The van der Waals surface area contributed by atoms with E-state index in [2.05, 4.69) is 0 Å². The number of hydrogen-bond acceptors (Lipinski definition) is 4. The van der Waals surface area contributed by atoms with Gasteiger partial charge in [0, 0.05) is 11.9 Å². The van der Waals surface area contributed by atoms with Gasteiger partial charge in [0.2, 0.25) is 0 Å². The number of nitrogens with zero attached hydrogens (tertiary/aromatic N) is 1. The van der Waals surface area contributed by atoms with Gasteiger partial charge < -0.3 is 10.5 Å². The molecule has 0 amide bonds. The van der Waals surface area contributed by atoms with Crippen molar-refractivity contribution in [2.24, 2.45) is 11.6 Å². The number of hydrogen-bond donors (Lipinski definition) is 2. The van der Waals surface area contributed by atoms with Gasteiger partial charge in [-0.1, -0.05) is 0 Å². The summed E-state index contributed by atoms with van der Waals surface area (Å²) in [5.74, 6) is 6.53. The van der Waals surface area contributed by atoms with E-state index in [9.17, 15) is 0 Å². The van der Waals surface area contributed by atoms with E-state index in [-0.39, 0.29) is 0 Å². The Labute approximate surface area is 83.7 Å². The quantitative estimate of drug-likeness (QED) is 0.559. The Morgan fingerprint density at radius 2 is 1.93 bits per heavy atom. The smallest absolute Gasteiger partial charge is 0.119 e. The van der Waals surface area contributed by atoms with Crippen molar-refractivity contribution in [3.05, 3.63) is 36.2 Å². The molecule has 0 heterocycles. The summed E-state index contributed by atoms with van der Waals surface area (Å²) >= 11 is 0. The lowest BCUT2D eigenvalue weighted by Crippen LogP contribution is -2.25. The number of ether oxygens (including phenoxy) is 1. The minimum atomic E-state index is 0.656. The van der Waals surface area contributed by atoms with Gasteiger partial charge in [-0.15, -0.1) is 0 Å². The van der Waals surface area contributed by atoms with E-state index < -0.39 is 0 Å². The fraction of sp³-hybridized carbons (Fsp3) is 0.200. The first-order valence-corrected chi connectivity index (χ1v) is 4.25. The maximum Gasteiger partial charge on any atom is 0.119 e. The van der Waals surface area contributed by atoms with Crippen LogP contribution < -0.4 is 21.3 Å². The van der Waals surface area contributed by atoms with E-state index in [1.54, 1.807) is 20.2 Å². The molecule has 1 aromatic rings. The summed E-state index contributed by atoms with van der Waals surface area (Å²) < 4.78 is 5.03. The van der Waals surface area contributed by atoms with Gasteiger partial charge in [-0.05, 0) is 31.2 Å². The lowest BCUT2D eigenvalue weighted by molar-refractivity contribution is 0.415. The monoisotopic (exact) mass is 193 g/mol. The molecule has 0 saturated heterocycles. The first-order valence-electron chi connectivity index (χ1n) is 4.25. The number of benzene rings is 1. The van der Waals surface area contributed by atoms with Crippen LogP contribution in [0.1, 0.15) is 6.92 Å². The molecule has 0 unspecified atom stereocenters. The van der Waals surface area contributed by atoms with Crippen LogP contribution in [0.4, 0.5) is 5.69 Å². The van der Waals surface area contributed by atoms with Crippen LogP contribution in [0.5, 0.6) is 5.75 Å². The van der Waals surface area contributed by atoms with Gasteiger partial charge in [-0.2, -0.15) is 0 Å². The Morgan fingerprint density at radius 1 is 1.36 bits per heavy atom. The molecule has 0 aliphatic carbocycles. The largest absolute Gasteiger partial charge is 0.497 e. The van der Waals surface area contributed by atoms with Crippen molar-refractivity contribution in [3.63, 3.8) is 0 Å². The summed E-state index contributed by atoms with van der Waals surface area (Å²) in [5.41, 5.74) is 7.01. The lowest BCUT2D eigenvalue weighted by atomic mass is 10.3. The number of allylic oxidation sites excluding steroid dienone is 1. The van der Waals surface area contributed by atoms with E-state index in [4.69, 9.17) is 16.3 Å². The highest BCUT2D eigenvalue weighted by atomic mass is 16.5. The predicted octanol–water partition coefficient (Wildman–Crippen LogP) is 1.20. The molecule has 0 aliphatic rings. The molecule has 0 spiro atoms. The third-order valence-electron chi connectivity index (χ3n) is 1.71. The molecule has 1 rings (SSSR count). The summed E-state index contributed by atoms with van der Waals surface area (Å²) in [5, 5.41) is 1.47. The molecule has 14 heavy (non-hydrogen) atoms. The highest BCUT2D eigenvalue weighted by molar-refractivity contribution is 5.50. The number of rotatable bonds is 3. The van der Waals surface area contributed by atoms with Gasteiger partial charge in [-0.3, -0.25) is 5.01 Å². The van der Waals surface area contributed by atoms with Crippen LogP contribution in [0.3, 0.4) is 0 Å². The topological polar surface area (TPSA) is 64.5 Å². The lowest BCUT2D eigenvalue weighted by Gasteiger charge is -2.14. The van der Waals surface area contributed by atoms with E-state index in [1.165, 1.54) is 5.01 Å². The molecule has 0 fully saturated rings. The molecule has 0 aliphatic heterocycles. The van der Waals surface area contributed by atoms with Gasteiger partial charge >= 0.3 is 0 Å². The van der Waals surface area contributed by atoms with Gasteiger partial charge in [0.05, 0.1) is 12.8 Å². The van der Waals surface area contributed by atoms with Crippen molar-refractivity contribution < 1.29 is 4.74 Å². The van der Waals surface area contributed by atoms with Crippen molar-refractivity contribution in [1.29, 1.82) is 0 Å². The predicted molar refractivity (Wildman–Crippen MR) is 57.6 cm³/mol. The van der Waals surface area contributed by atoms with Crippen LogP contribution in [0.2, 0.25) is 0 Å². The summed E-state index contributed by atoms with van der Waals surface area (Å²) in [6, 6.07) is 7.40. The van der Waals surface area contributed by atoms with Crippen molar-refractivity contribution in [3.8, 4) is 5.75 Å². The third-order valence-corrected chi connectivity index (χ3v) is 1.71. The van der Waals surface area contributed by atoms with Crippen LogP contribution in [-0.4, -0.2) is 7.11 Å². The van der Waals surface area contributed by atoms with Crippen LogP contribution in [0.15, 0.2) is 36.2 Å². The Kier molecular flexibility index (Phi) is 3.36. The normalized spacial score (nSPS) is 11.2. The van der Waals surface area contributed by atoms with Crippen LogP contribution in [0.25, 0.3) is 0 Å². The minimum absolute atomic E-state index is 0.656. The zero-order valence-corrected chi connectivity index (χ0v) is 8.40. The third kappa shape index (κ3) is 2.67. The Balaban J connectivity index is 2.81. The van der Waals surface area contributed by atoms with Crippen molar-refractivity contribution in [2.45, 2.75) is 6.92 Å². The van der Waals surface area contributed by atoms with Crippen LogP contribution >= 0.6 is 0 Å². The maximum atomic E-state index is 5.72. The van der Waals surface area contributed by atoms with Gasteiger partial charge in [0.15, 0.2) is 0 Å². The first-order chi connectivity index (χ1) is 6.63. The van der Waals surface area contributed by atoms with E-state index >= 15 is 0 Å². The van der Waals surface area contributed by atoms with Crippen molar-refractivity contribution in [1.82, 2.24) is 0 Å². The molecule has 76 valence electrons. The average molecular weight is 193 g/mol.